The Kier molecular flexibility index (Phi) is 13.8. The minimum absolute atomic E-state index is 0.0333. The number of esters is 1. The first-order chi connectivity index (χ1) is 28.2. The van der Waals surface area contributed by atoms with Gasteiger partial charge in [-0.05, 0) is 165 Å². The molecule has 3 N–H and O–H groups in total. The molecule has 12 heteroatoms. The summed E-state index contributed by atoms with van der Waals surface area (Å²) in [6.07, 6.45) is 6.62. The fourth-order valence-electron chi connectivity index (χ4n) is 10.5. The molecule has 59 heavy (non-hydrogen) atoms. The van der Waals surface area contributed by atoms with Gasteiger partial charge < -0.3 is 34.6 Å². The van der Waals surface area contributed by atoms with Crippen LogP contribution in [-0.4, -0.2) is 110 Å². The number of amides is 2. The number of aromatic nitrogens is 2. The first-order valence-electron chi connectivity index (χ1n) is 21.8. The van der Waals surface area contributed by atoms with Crippen LogP contribution in [0.3, 0.4) is 0 Å². The molecule has 0 atom stereocenters. The molecule has 322 valence electrons. The average Bonchev–Trinajstić information content (AvgIpc) is 3.64. The lowest BCUT2D eigenvalue weighted by Crippen LogP contribution is -2.71. The summed E-state index contributed by atoms with van der Waals surface area (Å²) < 4.78 is 18.0. The standard InChI is InChI=1S/C47H68N6O6/c1-11-53(23-15-22-52(8)21-14-20-48-7)44(55)35-17-12-16-34(38(35)29(2)3)39-41(40-36(57-9)18-13-19-37(40)58-10)50-51-42(39)43(54)49-47(45(56)59-46(4,5)6)32-25-30-24-31(27-32)28-33(47)26-30/h12-13,16-19,29-33,48H,11,14-15,20-28H2,1-10H3,(H,49,54)(H,50,51). The number of rotatable bonds is 18. The third kappa shape index (κ3) is 9.04. The molecule has 0 unspecified atom stereocenters. The second-order valence-electron chi connectivity index (χ2n) is 18.4. The van der Waals surface area contributed by atoms with Crippen molar-refractivity contribution in [1.29, 1.82) is 0 Å². The summed E-state index contributed by atoms with van der Waals surface area (Å²) in [5.74, 6) is 1.09. The molecule has 4 aliphatic carbocycles. The summed E-state index contributed by atoms with van der Waals surface area (Å²) in [6, 6.07) is 11.3. The molecule has 0 aliphatic heterocycles. The number of hydrogen-bond donors (Lipinski definition) is 3. The Morgan fingerprint density at radius 1 is 0.898 bits per heavy atom. The van der Waals surface area contributed by atoms with E-state index in [1.165, 1.54) is 6.42 Å². The molecule has 0 spiro atoms. The molecular formula is C47H68N6O6. The lowest BCUT2D eigenvalue weighted by molar-refractivity contribution is -0.180. The van der Waals surface area contributed by atoms with Crippen LogP contribution < -0.4 is 20.1 Å². The van der Waals surface area contributed by atoms with E-state index in [0.29, 0.717) is 64.4 Å². The smallest absolute Gasteiger partial charge is 0.332 e. The maximum Gasteiger partial charge on any atom is 0.332 e. The van der Waals surface area contributed by atoms with E-state index in [9.17, 15) is 9.59 Å². The number of nitrogens with one attached hydrogen (secondary N) is 3. The molecular weight excluding hydrogens is 745 g/mol. The number of aromatic amines is 1. The predicted molar refractivity (Wildman–Crippen MR) is 232 cm³/mol. The van der Waals surface area contributed by atoms with Gasteiger partial charge in [0.25, 0.3) is 11.8 Å². The van der Waals surface area contributed by atoms with Crippen LogP contribution in [0, 0.1) is 23.7 Å². The van der Waals surface area contributed by atoms with Crippen LogP contribution in [0.25, 0.3) is 22.4 Å². The molecule has 4 bridgehead atoms. The Morgan fingerprint density at radius 3 is 2.07 bits per heavy atom. The molecule has 7 rings (SSSR count). The number of nitrogens with zero attached hydrogens (tertiary/aromatic N) is 3. The van der Waals surface area contributed by atoms with Gasteiger partial charge in [-0.25, -0.2) is 4.79 Å². The maximum atomic E-state index is 15.2. The molecule has 1 aromatic heterocycles. The Morgan fingerprint density at radius 2 is 1.51 bits per heavy atom. The quantitative estimate of drug-likeness (QED) is 0.0879. The summed E-state index contributed by atoms with van der Waals surface area (Å²) in [5.41, 5.74) is 1.92. The number of ether oxygens (including phenoxy) is 3. The zero-order valence-electron chi connectivity index (χ0n) is 37.1. The summed E-state index contributed by atoms with van der Waals surface area (Å²) in [4.78, 5) is 48.6. The third-order valence-corrected chi connectivity index (χ3v) is 12.9. The van der Waals surface area contributed by atoms with Gasteiger partial charge in [0.1, 0.15) is 22.6 Å². The van der Waals surface area contributed by atoms with Gasteiger partial charge in [0, 0.05) is 24.2 Å². The number of methoxy groups -OCH3 is 2. The van der Waals surface area contributed by atoms with E-state index in [1.807, 2.05) is 76.0 Å². The van der Waals surface area contributed by atoms with Crippen LogP contribution in [0.15, 0.2) is 36.4 Å². The normalized spacial score (nSPS) is 22.2. The maximum absolute atomic E-state index is 15.2. The molecule has 0 saturated heterocycles. The van der Waals surface area contributed by atoms with Crippen molar-refractivity contribution in [3.8, 4) is 33.9 Å². The van der Waals surface area contributed by atoms with Gasteiger partial charge in [0.05, 0.1) is 25.5 Å². The van der Waals surface area contributed by atoms with Crippen LogP contribution in [0.2, 0.25) is 0 Å². The van der Waals surface area contributed by atoms with E-state index in [-0.39, 0.29) is 35.3 Å². The summed E-state index contributed by atoms with van der Waals surface area (Å²) in [5, 5.41) is 14.6. The fraction of sp³-hybridized carbons (Fsp3) is 0.617. The van der Waals surface area contributed by atoms with Crippen molar-refractivity contribution in [2.45, 2.75) is 104 Å². The van der Waals surface area contributed by atoms with Gasteiger partial charge in [-0.15, -0.1) is 0 Å². The highest BCUT2D eigenvalue weighted by Gasteiger charge is 2.63. The number of H-pyrrole nitrogens is 1. The van der Waals surface area contributed by atoms with E-state index >= 15 is 4.79 Å². The van der Waals surface area contributed by atoms with Crippen LogP contribution in [0.4, 0.5) is 0 Å². The van der Waals surface area contributed by atoms with Crippen molar-refractivity contribution in [3.05, 3.63) is 53.2 Å². The van der Waals surface area contributed by atoms with E-state index in [2.05, 4.69) is 41.5 Å². The molecule has 0 radical (unpaired) electrons. The van der Waals surface area contributed by atoms with E-state index in [0.717, 1.165) is 63.7 Å². The highest BCUT2D eigenvalue weighted by Crippen LogP contribution is 2.59. The van der Waals surface area contributed by atoms with Gasteiger partial charge in [-0.1, -0.05) is 32.0 Å². The third-order valence-electron chi connectivity index (χ3n) is 12.9. The van der Waals surface area contributed by atoms with Crippen molar-refractivity contribution in [3.63, 3.8) is 0 Å². The van der Waals surface area contributed by atoms with Gasteiger partial charge in [-0.2, -0.15) is 5.10 Å². The average molecular weight is 813 g/mol. The number of hydrogen-bond acceptors (Lipinski definition) is 9. The lowest BCUT2D eigenvalue weighted by Gasteiger charge is -2.59. The minimum Gasteiger partial charge on any atom is -0.496 e. The van der Waals surface area contributed by atoms with Gasteiger partial charge in [0.2, 0.25) is 0 Å². The number of benzene rings is 2. The van der Waals surface area contributed by atoms with Crippen molar-refractivity contribution in [1.82, 2.24) is 30.6 Å². The summed E-state index contributed by atoms with van der Waals surface area (Å²) >= 11 is 0. The Bertz CT molecular complexity index is 1920. The first-order valence-corrected chi connectivity index (χ1v) is 21.8. The molecule has 2 amide bonds. The van der Waals surface area contributed by atoms with Gasteiger partial charge >= 0.3 is 5.97 Å². The zero-order chi connectivity index (χ0) is 42.6. The molecule has 4 fully saturated rings. The van der Waals surface area contributed by atoms with E-state index in [1.54, 1.807) is 14.2 Å². The van der Waals surface area contributed by atoms with Gasteiger partial charge in [-0.3, -0.25) is 14.7 Å². The van der Waals surface area contributed by atoms with Crippen molar-refractivity contribution < 1.29 is 28.6 Å². The largest absolute Gasteiger partial charge is 0.496 e. The Balaban J connectivity index is 1.46. The molecule has 4 aliphatic rings. The molecule has 1 heterocycles. The second kappa shape index (κ2) is 18.5. The van der Waals surface area contributed by atoms with Crippen LogP contribution in [-0.2, 0) is 9.53 Å². The topological polar surface area (TPSA) is 138 Å². The fourth-order valence-corrected chi connectivity index (χ4v) is 10.5. The molecule has 3 aromatic rings. The summed E-state index contributed by atoms with van der Waals surface area (Å²) in [6.45, 7) is 15.8. The van der Waals surface area contributed by atoms with E-state index in [4.69, 9.17) is 19.3 Å². The first kappa shape index (κ1) is 44.1. The lowest BCUT2D eigenvalue weighted by atomic mass is 9.48. The highest BCUT2D eigenvalue weighted by molar-refractivity contribution is 6.07. The van der Waals surface area contributed by atoms with Gasteiger partial charge in [0.15, 0.2) is 5.69 Å². The Labute approximate surface area is 351 Å². The van der Waals surface area contributed by atoms with Crippen LogP contribution in [0.1, 0.15) is 119 Å². The second-order valence-corrected chi connectivity index (χ2v) is 18.4. The predicted octanol–water partition coefficient (Wildman–Crippen LogP) is 7.54. The highest BCUT2D eigenvalue weighted by atomic mass is 16.6. The molecule has 4 saturated carbocycles. The molecule has 2 aromatic carbocycles. The van der Waals surface area contributed by atoms with Crippen LogP contribution in [0.5, 0.6) is 11.5 Å². The number of carbonyl (C=O) groups excluding carboxylic acids is 3. The van der Waals surface area contributed by atoms with Crippen LogP contribution >= 0.6 is 0 Å². The SMILES string of the molecule is CCN(CCCN(C)CCCNC)C(=O)c1cccc(-c2c(C(=O)NC3(C(=O)OC(C)(C)C)C4CC5CC(C4)CC3C5)n[nH]c2-c2c(OC)cccc2OC)c1C(C)C. The van der Waals surface area contributed by atoms with E-state index < -0.39 is 17.0 Å². The molecule has 12 nitrogen and oxygen atoms in total. The minimum atomic E-state index is -1.18. The zero-order valence-corrected chi connectivity index (χ0v) is 37.1. The van der Waals surface area contributed by atoms with Crippen molar-refractivity contribution in [2.75, 3.05) is 61.0 Å². The van der Waals surface area contributed by atoms with Crippen molar-refractivity contribution in [2.24, 2.45) is 23.7 Å². The van der Waals surface area contributed by atoms with Crippen molar-refractivity contribution >= 4 is 17.8 Å². The number of carbonyl (C=O) groups is 3. The summed E-state index contributed by atoms with van der Waals surface area (Å²) in [7, 11) is 7.28. The Hall–Kier alpha value is -4.42. The monoisotopic (exact) mass is 813 g/mol.